The first-order chi connectivity index (χ1) is 10.9. The van der Waals surface area contributed by atoms with Gasteiger partial charge in [-0.15, -0.1) is 0 Å². The molecule has 0 saturated carbocycles. The van der Waals surface area contributed by atoms with Crippen LogP contribution in [0.15, 0.2) is 30.3 Å². The van der Waals surface area contributed by atoms with Crippen molar-refractivity contribution in [3.8, 4) is 0 Å². The number of benzene rings is 1. The number of methoxy groups -OCH3 is 2. The van der Waals surface area contributed by atoms with Gasteiger partial charge in [-0.05, 0) is 12.0 Å². The average molecular weight is 323 g/mol. The van der Waals surface area contributed by atoms with Crippen LogP contribution >= 0.6 is 0 Å². The molecule has 0 aliphatic carbocycles. The number of ether oxygens (including phenoxy) is 2. The van der Waals surface area contributed by atoms with E-state index < -0.39 is 35.9 Å². The normalized spacial score (nSPS) is 14.3. The quantitative estimate of drug-likeness (QED) is 0.712. The zero-order valence-electron chi connectivity index (χ0n) is 13.3. The van der Waals surface area contributed by atoms with Gasteiger partial charge in [-0.3, -0.25) is 9.59 Å². The van der Waals surface area contributed by atoms with Crippen LogP contribution < -0.4 is 5.32 Å². The number of rotatable bonds is 7. The molecule has 0 aliphatic heterocycles. The Kier molecular flexibility index (Phi) is 7.21. The largest absolute Gasteiger partial charge is 0.469 e. The summed E-state index contributed by atoms with van der Waals surface area (Å²) in [5.74, 6) is -2.56. The lowest BCUT2D eigenvalue weighted by Gasteiger charge is -2.21. The Morgan fingerprint density at radius 3 is 2.17 bits per heavy atom. The van der Waals surface area contributed by atoms with E-state index in [9.17, 15) is 19.5 Å². The van der Waals surface area contributed by atoms with Crippen LogP contribution in [0.1, 0.15) is 25.0 Å². The summed E-state index contributed by atoms with van der Waals surface area (Å²) in [5.41, 5.74) is 0.398. The number of amides is 1. The maximum Gasteiger partial charge on any atom is 0.328 e. The molecule has 1 aromatic rings. The third-order valence-electron chi connectivity index (χ3n) is 3.36. The lowest BCUT2D eigenvalue weighted by Crippen LogP contribution is -2.45. The number of hydrogen-bond donors (Lipinski definition) is 2. The van der Waals surface area contributed by atoms with Crippen LogP contribution in [-0.4, -0.2) is 43.2 Å². The fourth-order valence-corrected chi connectivity index (χ4v) is 2.04. The molecular weight excluding hydrogens is 302 g/mol. The van der Waals surface area contributed by atoms with Crippen LogP contribution in [0.3, 0.4) is 0 Å². The fourth-order valence-electron chi connectivity index (χ4n) is 2.04. The fraction of sp³-hybridized carbons (Fsp3) is 0.438. The molecule has 23 heavy (non-hydrogen) atoms. The highest BCUT2D eigenvalue weighted by molar-refractivity contribution is 5.88. The molecule has 1 aromatic carbocycles. The molecular formula is C16H21NO6. The van der Waals surface area contributed by atoms with Crippen LogP contribution in [0.4, 0.5) is 0 Å². The highest BCUT2D eigenvalue weighted by Crippen LogP contribution is 2.14. The number of carbonyl (C=O) groups excluding carboxylic acids is 3. The molecule has 0 aliphatic rings. The first-order valence-corrected chi connectivity index (χ1v) is 7.09. The number of nitrogens with one attached hydrogen (secondary N) is 1. The van der Waals surface area contributed by atoms with Crippen LogP contribution in [0.5, 0.6) is 0 Å². The van der Waals surface area contributed by atoms with E-state index in [-0.39, 0.29) is 6.42 Å². The van der Waals surface area contributed by atoms with Crippen molar-refractivity contribution in [1.82, 2.24) is 5.32 Å². The van der Waals surface area contributed by atoms with E-state index in [0.717, 1.165) is 0 Å². The van der Waals surface area contributed by atoms with Crippen molar-refractivity contribution in [2.24, 2.45) is 5.92 Å². The van der Waals surface area contributed by atoms with E-state index in [1.54, 1.807) is 37.3 Å². The molecule has 0 radical (unpaired) electrons. The molecule has 7 heteroatoms. The minimum Gasteiger partial charge on any atom is -0.469 e. The van der Waals surface area contributed by atoms with Crippen molar-refractivity contribution in [2.75, 3.05) is 14.2 Å². The van der Waals surface area contributed by atoms with Crippen molar-refractivity contribution in [3.05, 3.63) is 35.9 Å². The summed E-state index contributed by atoms with van der Waals surface area (Å²) in [6.07, 6.45) is -1.41. The summed E-state index contributed by atoms with van der Waals surface area (Å²) in [6.45, 7) is 1.57. The number of aliphatic hydroxyl groups excluding tert-OH is 1. The Balaban J connectivity index is 2.78. The summed E-state index contributed by atoms with van der Waals surface area (Å²) in [6, 6.07) is 7.25. The monoisotopic (exact) mass is 323 g/mol. The Hall–Kier alpha value is -2.41. The molecule has 0 aromatic heterocycles. The SMILES string of the molecule is COC(=O)[C@@H](C)C[C@@H](NC(=O)[C@@H](O)c1ccccc1)C(=O)OC. The van der Waals surface area contributed by atoms with Gasteiger partial charge in [-0.1, -0.05) is 37.3 Å². The standard InChI is InChI=1S/C16H21NO6/c1-10(15(20)22-2)9-12(16(21)23-3)17-14(19)13(18)11-7-5-4-6-8-11/h4-8,10,12-13,18H,9H2,1-3H3,(H,17,19)/t10-,12+,13-/m0/s1. The molecule has 2 N–H and O–H groups in total. The molecule has 1 amide bonds. The summed E-state index contributed by atoms with van der Waals surface area (Å²) < 4.78 is 9.22. The predicted octanol–water partition coefficient (Wildman–Crippen LogP) is 0.577. The second-order valence-electron chi connectivity index (χ2n) is 5.06. The molecule has 0 unspecified atom stereocenters. The summed E-state index contributed by atoms with van der Waals surface area (Å²) >= 11 is 0. The van der Waals surface area contributed by atoms with E-state index in [0.29, 0.717) is 5.56 Å². The van der Waals surface area contributed by atoms with Gasteiger partial charge in [0, 0.05) is 0 Å². The summed E-state index contributed by atoms with van der Waals surface area (Å²) in [4.78, 5) is 35.4. The second-order valence-corrected chi connectivity index (χ2v) is 5.06. The molecule has 1 rings (SSSR count). The Morgan fingerprint density at radius 1 is 1.09 bits per heavy atom. The minimum atomic E-state index is -1.42. The molecule has 3 atom stereocenters. The summed E-state index contributed by atoms with van der Waals surface area (Å²) in [5, 5.41) is 12.4. The smallest absolute Gasteiger partial charge is 0.328 e. The van der Waals surface area contributed by atoms with Gasteiger partial charge in [-0.25, -0.2) is 4.79 Å². The lowest BCUT2D eigenvalue weighted by molar-refractivity contribution is -0.149. The van der Waals surface area contributed by atoms with Gasteiger partial charge in [0.2, 0.25) is 0 Å². The predicted molar refractivity (Wildman–Crippen MR) is 81.1 cm³/mol. The van der Waals surface area contributed by atoms with Gasteiger partial charge in [0.05, 0.1) is 20.1 Å². The van der Waals surface area contributed by atoms with Gasteiger partial charge in [0.15, 0.2) is 6.10 Å². The zero-order valence-corrected chi connectivity index (χ0v) is 13.3. The molecule has 0 saturated heterocycles. The van der Waals surface area contributed by atoms with E-state index in [1.165, 1.54) is 14.2 Å². The first-order valence-electron chi connectivity index (χ1n) is 7.09. The zero-order chi connectivity index (χ0) is 17.4. The average Bonchev–Trinajstić information content (AvgIpc) is 2.59. The third kappa shape index (κ3) is 5.37. The van der Waals surface area contributed by atoms with E-state index in [4.69, 9.17) is 0 Å². The van der Waals surface area contributed by atoms with Crippen molar-refractivity contribution in [3.63, 3.8) is 0 Å². The number of hydrogen-bond acceptors (Lipinski definition) is 6. The van der Waals surface area contributed by atoms with Gasteiger partial charge < -0.3 is 19.9 Å². The Bertz CT molecular complexity index is 545. The van der Waals surface area contributed by atoms with Crippen molar-refractivity contribution in [1.29, 1.82) is 0 Å². The lowest BCUT2D eigenvalue weighted by atomic mass is 10.0. The first kappa shape index (κ1) is 18.6. The van der Waals surface area contributed by atoms with E-state index in [1.807, 2.05) is 0 Å². The number of esters is 2. The maximum absolute atomic E-state index is 12.1. The van der Waals surface area contributed by atoms with Crippen LogP contribution in [0.25, 0.3) is 0 Å². The van der Waals surface area contributed by atoms with Crippen molar-refractivity contribution >= 4 is 17.8 Å². The highest BCUT2D eigenvalue weighted by Gasteiger charge is 2.29. The number of carbonyl (C=O) groups is 3. The molecule has 126 valence electrons. The topological polar surface area (TPSA) is 102 Å². The van der Waals surface area contributed by atoms with Gasteiger partial charge >= 0.3 is 11.9 Å². The maximum atomic E-state index is 12.1. The van der Waals surface area contributed by atoms with E-state index >= 15 is 0 Å². The third-order valence-corrected chi connectivity index (χ3v) is 3.36. The highest BCUT2D eigenvalue weighted by atomic mass is 16.5. The Labute approximate surface area is 134 Å². The van der Waals surface area contributed by atoms with Crippen molar-refractivity contribution in [2.45, 2.75) is 25.5 Å². The second kappa shape index (κ2) is 8.89. The van der Waals surface area contributed by atoms with Crippen LogP contribution in [-0.2, 0) is 23.9 Å². The molecule has 0 fully saturated rings. The van der Waals surface area contributed by atoms with Crippen LogP contribution in [0.2, 0.25) is 0 Å². The van der Waals surface area contributed by atoms with Crippen LogP contribution in [0, 0.1) is 5.92 Å². The molecule has 0 heterocycles. The van der Waals surface area contributed by atoms with Gasteiger partial charge in [0.1, 0.15) is 6.04 Å². The van der Waals surface area contributed by atoms with Gasteiger partial charge in [-0.2, -0.15) is 0 Å². The molecule has 0 bridgehead atoms. The molecule has 7 nitrogen and oxygen atoms in total. The molecule has 0 spiro atoms. The van der Waals surface area contributed by atoms with Crippen molar-refractivity contribution < 1.29 is 29.0 Å². The van der Waals surface area contributed by atoms with Gasteiger partial charge in [0.25, 0.3) is 5.91 Å². The van der Waals surface area contributed by atoms with E-state index in [2.05, 4.69) is 14.8 Å². The minimum absolute atomic E-state index is 0.00654. The Morgan fingerprint density at radius 2 is 1.65 bits per heavy atom. The number of aliphatic hydroxyl groups is 1. The summed E-state index contributed by atoms with van der Waals surface area (Å²) in [7, 11) is 2.42.